The SMILES string of the molecule is COc1ccc(C)cc1CC(=O)C(F)(F)F. The van der Waals surface area contributed by atoms with E-state index in [0.717, 1.165) is 5.56 Å². The van der Waals surface area contributed by atoms with Gasteiger partial charge in [0, 0.05) is 12.0 Å². The van der Waals surface area contributed by atoms with Gasteiger partial charge in [0.05, 0.1) is 7.11 Å². The van der Waals surface area contributed by atoms with Crippen LogP contribution in [-0.2, 0) is 11.2 Å². The number of ketones is 1. The monoisotopic (exact) mass is 232 g/mol. The number of hydrogen-bond acceptors (Lipinski definition) is 2. The Labute approximate surface area is 91.0 Å². The molecule has 0 heterocycles. The molecule has 0 saturated heterocycles. The summed E-state index contributed by atoms with van der Waals surface area (Å²) in [5.74, 6) is -1.47. The van der Waals surface area contributed by atoms with E-state index in [1.807, 2.05) is 0 Å². The Hall–Kier alpha value is -1.52. The average molecular weight is 232 g/mol. The second-order valence-corrected chi connectivity index (χ2v) is 3.41. The fraction of sp³-hybridized carbons (Fsp3) is 0.364. The van der Waals surface area contributed by atoms with Gasteiger partial charge in [-0.1, -0.05) is 17.7 Å². The first-order valence-corrected chi connectivity index (χ1v) is 4.58. The van der Waals surface area contributed by atoms with Crippen molar-refractivity contribution in [3.63, 3.8) is 0 Å². The summed E-state index contributed by atoms with van der Waals surface area (Å²) in [7, 11) is 1.35. The lowest BCUT2D eigenvalue weighted by molar-refractivity contribution is -0.170. The van der Waals surface area contributed by atoms with Crippen molar-refractivity contribution >= 4 is 5.78 Å². The number of alkyl halides is 3. The van der Waals surface area contributed by atoms with Crippen LogP contribution in [-0.4, -0.2) is 19.1 Å². The maximum Gasteiger partial charge on any atom is 0.450 e. The lowest BCUT2D eigenvalue weighted by Crippen LogP contribution is -2.24. The highest BCUT2D eigenvalue weighted by atomic mass is 19.4. The minimum Gasteiger partial charge on any atom is -0.496 e. The second-order valence-electron chi connectivity index (χ2n) is 3.41. The number of rotatable bonds is 3. The zero-order chi connectivity index (χ0) is 12.3. The van der Waals surface area contributed by atoms with Gasteiger partial charge in [0.15, 0.2) is 0 Å². The van der Waals surface area contributed by atoms with Crippen LogP contribution in [0.5, 0.6) is 5.75 Å². The van der Waals surface area contributed by atoms with Crippen LogP contribution in [0, 0.1) is 6.92 Å². The summed E-state index contributed by atoms with van der Waals surface area (Å²) in [6, 6.07) is 4.77. The Morgan fingerprint density at radius 2 is 2.00 bits per heavy atom. The Morgan fingerprint density at radius 1 is 1.38 bits per heavy atom. The Morgan fingerprint density at radius 3 is 2.50 bits per heavy atom. The molecule has 88 valence electrons. The van der Waals surface area contributed by atoms with Crippen molar-refractivity contribution in [2.75, 3.05) is 7.11 Å². The maximum absolute atomic E-state index is 12.1. The van der Waals surface area contributed by atoms with E-state index in [9.17, 15) is 18.0 Å². The number of benzene rings is 1. The Balaban J connectivity index is 2.96. The lowest BCUT2D eigenvalue weighted by Gasteiger charge is -2.10. The molecule has 1 rings (SSSR count). The van der Waals surface area contributed by atoms with Gasteiger partial charge in [-0.15, -0.1) is 0 Å². The highest BCUT2D eigenvalue weighted by Gasteiger charge is 2.38. The smallest absolute Gasteiger partial charge is 0.450 e. The van der Waals surface area contributed by atoms with E-state index in [1.165, 1.54) is 13.2 Å². The van der Waals surface area contributed by atoms with Crippen molar-refractivity contribution < 1.29 is 22.7 Å². The normalized spacial score (nSPS) is 11.3. The summed E-state index contributed by atoms with van der Waals surface area (Å²) in [5, 5.41) is 0. The quantitative estimate of drug-likeness (QED) is 0.800. The van der Waals surface area contributed by atoms with Crippen molar-refractivity contribution in [2.45, 2.75) is 19.5 Å². The maximum atomic E-state index is 12.1. The van der Waals surface area contributed by atoms with Gasteiger partial charge in [0.25, 0.3) is 0 Å². The molecule has 1 aromatic rings. The zero-order valence-electron chi connectivity index (χ0n) is 8.89. The van der Waals surface area contributed by atoms with E-state index in [1.54, 1.807) is 19.1 Å². The lowest BCUT2D eigenvalue weighted by atomic mass is 10.0. The van der Waals surface area contributed by atoms with Crippen LogP contribution in [0.3, 0.4) is 0 Å². The van der Waals surface area contributed by atoms with Gasteiger partial charge in [0.1, 0.15) is 5.75 Å². The van der Waals surface area contributed by atoms with Crippen LogP contribution in [0.2, 0.25) is 0 Å². The molecular weight excluding hydrogens is 221 g/mol. The van der Waals surface area contributed by atoms with Crippen molar-refractivity contribution in [3.05, 3.63) is 29.3 Å². The van der Waals surface area contributed by atoms with Gasteiger partial charge in [-0.3, -0.25) is 4.79 Å². The van der Waals surface area contributed by atoms with E-state index in [2.05, 4.69) is 0 Å². The molecule has 0 aliphatic carbocycles. The van der Waals surface area contributed by atoms with Gasteiger partial charge in [-0.2, -0.15) is 13.2 Å². The fourth-order valence-corrected chi connectivity index (χ4v) is 1.32. The second kappa shape index (κ2) is 4.55. The average Bonchev–Trinajstić information content (AvgIpc) is 2.16. The van der Waals surface area contributed by atoms with Crippen LogP contribution in [0.4, 0.5) is 13.2 Å². The molecule has 0 aliphatic heterocycles. The summed E-state index contributed by atoms with van der Waals surface area (Å²) in [5.41, 5.74) is 1.04. The number of carbonyl (C=O) groups is 1. The molecule has 0 spiro atoms. The number of methoxy groups -OCH3 is 1. The number of halogens is 3. The van der Waals surface area contributed by atoms with Crippen LogP contribution in [0.15, 0.2) is 18.2 Å². The Kier molecular flexibility index (Phi) is 3.57. The molecule has 0 unspecified atom stereocenters. The first kappa shape index (κ1) is 12.5. The summed E-state index contributed by atoms with van der Waals surface area (Å²) in [4.78, 5) is 10.8. The Bertz CT molecular complexity index is 397. The van der Waals surface area contributed by atoms with E-state index < -0.39 is 18.4 Å². The number of Topliss-reactive ketones (excluding diaryl/α,β-unsaturated/α-hetero) is 1. The van der Waals surface area contributed by atoms with E-state index in [-0.39, 0.29) is 5.56 Å². The van der Waals surface area contributed by atoms with Gasteiger partial charge < -0.3 is 4.74 Å². The van der Waals surface area contributed by atoms with Crippen molar-refractivity contribution in [1.29, 1.82) is 0 Å². The molecule has 0 radical (unpaired) electrons. The third-order valence-corrected chi connectivity index (χ3v) is 2.10. The third kappa shape index (κ3) is 2.98. The molecule has 1 aromatic carbocycles. The number of aryl methyl sites for hydroxylation is 1. The molecule has 0 N–H and O–H groups in total. The minimum absolute atomic E-state index is 0.254. The van der Waals surface area contributed by atoms with Gasteiger partial charge >= 0.3 is 6.18 Å². The van der Waals surface area contributed by atoms with Gasteiger partial charge in [0.2, 0.25) is 5.78 Å². The molecule has 0 saturated carbocycles. The molecule has 0 atom stereocenters. The summed E-state index contributed by atoms with van der Waals surface area (Å²) < 4.78 is 41.1. The molecule has 5 heteroatoms. The van der Waals surface area contributed by atoms with Crippen LogP contribution in [0.25, 0.3) is 0 Å². The summed E-state index contributed by atoms with van der Waals surface area (Å²) in [6.45, 7) is 1.74. The third-order valence-electron chi connectivity index (χ3n) is 2.10. The standard InChI is InChI=1S/C11H11F3O2/c1-7-3-4-9(16-2)8(5-7)6-10(15)11(12,13)14/h3-5H,6H2,1-2H3. The number of carbonyl (C=O) groups excluding carboxylic acids is 1. The van der Waals surface area contributed by atoms with Crippen LogP contribution < -0.4 is 4.74 Å². The molecule has 0 bridgehead atoms. The first-order valence-electron chi connectivity index (χ1n) is 4.58. The number of hydrogen-bond donors (Lipinski definition) is 0. The van der Waals surface area contributed by atoms with Gasteiger partial charge in [-0.05, 0) is 13.0 Å². The highest BCUT2D eigenvalue weighted by Crippen LogP contribution is 2.24. The van der Waals surface area contributed by atoms with Crippen molar-refractivity contribution in [1.82, 2.24) is 0 Å². The van der Waals surface area contributed by atoms with E-state index in [0.29, 0.717) is 5.75 Å². The molecule has 0 fully saturated rings. The van der Waals surface area contributed by atoms with Crippen molar-refractivity contribution in [2.24, 2.45) is 0 Å². The molecule has 0 amide bonds. The predicted molar refractivity (Wildman–Crippen MR) is 52.5 cm³/mol. The molecule has 0 aromatic heterocycles. The molecule has 16 heavy (non-hydrogen) atoms. The molecule has 0 aliphatic rings. The fourth-order valence-electron chi connectivity index (χ4n) is 1.32. The largest absolute Gasteiger partial charge is 0.496 e. The molecular formula is C11H11F3O2. The first-order chi connectivity index (χ1) is 7.34. The topological polar surface area (TPSA) is 26.3 Å². The van der Waals surface area contributed by atoms with Gasteiger partial charge in [-0.25, -0.2) is 0 Å². The van der Waals surface area contributed by atoms with Crippen LogP contribution in [0.1, 0.15) is 11.1 Å². The zero-order valence-corrected chi connectivity index (χ0v) is 8.89. The minimum atomic E-state index is -4.80. The molecule has 2 nitrogen and oxygen atoms in total. The van der Waals surface area contributed by atoms with Crippen LogP contribution >= 0.6 is 0 Å². The number of ether oxygens (including phenoxy) is 1. The summed E-state index contributed by atoms with van der Waals surface area (Å²) >= 11 is 0. The van der Waals surface area contributed by atoms with E-state index in [4.69, 9.17) is 4.74 Å². The highest BCUT2D eigenvalue weighted by molar-refractivity contribution is 5.86. The van der Waals surface area contributed by atoms with Crippen molar-refractivity contribution in [3.8, 4) is 5.75 Å². The van der Waals surface area contributed by atoms with E-state index >= 15 is 0 Å². The summed E-state index contributed by atoms with van der Waals surface area (Å²) in [6.07, 6.45) is -5.48. The predicted octanol–water partition coefficient (Wildman–Crippen LogP) is 2.68.